The van der Waals surface area contributed by atoms with Gasteiger partial charge < -0.3 is 0 Å². The lowest BCUT2D eigenvalue weighted by Gasteiger charge is -2.12. The number of fused-ring (bicyclic) bond motifs is 1. The summed E-state index contributed by atoms with van der Waals surface area (Å²) < 4.78 is 15.1. The van der Waals surface area contributed by atoms with Gasteiger partial charge >= 0.3 is 0 Å². The lowest BCUT2D eigenvalue weighted by molar-refractivity contribution is 0.627. The fourth-order valence-electron chi connectivity index (χ4n) is 2.25. The minimum atomic E-state index is -0.392. The van der Waals surface area contributed by atoms with Crippen molar-refractivity contribution in [3.05, 3.63) is 58.1 Å². The maximum atomic E-state index is 13.3. The number of aromatic nitrogens is 2. The zero-order valence-electron chi connectivity index (χ0n) is 10.9. The van der Waals surface area contributed by atoms with Crippen molar-refractivity contribution in [3.8, 4) is 5.69 Å². The fourth-order valence-corrected chi connectivity index (χ4v) is 2.82. The van der Waals surface area contributed by atoms with E-state index >= 15 is 0 Å². The molecule has 2 aromatic carbocycles. The number of hydrogen-bond donors (Lipinski definition) is 0. The molecule has 3 rings (SSSR count). The van der Waals surface area contributed by atoms with Crippen molar-refractivity contribution in [2.75, 3.05) is 0 Å². The molecule has 0 aliphatic rings. The molecule has 1 heterocycles. The predicted octanol–water partition coefficient (Wildman–Crippen LogP) is 5.77. The van der Waals surface area contributed by atoms with E-state index in [-0.39, 0.29) is 5.38 Å². The summed E-state index contributed by atoms with van der Waals surface area (Å²) in [6, 6.07) is 9.59. The van der Waals surface area contributed by atoms with Crippen LogP contribution in [0.15, 0.2) is 36.4 Å². The molecular weight excluding hydrogens is 334 g/mol. The molecule has 108 valence electrons. The first kappa shape index (κ1) is 14.6. The molecule has 6 heteroatoms. The first-order valence-electron chi connectivity index (χ1n) is 6.25. The van der Waals surface area contributed by atoms with Crippen LogP contribution in [0, 0.1) is 5.82 Å². The SMILES string of the molecule is CC(Cl)c1nc2cc(Cl)ccc2n1-c1ccc(F)cc1Cl. The molecule has 0 bridgehead atoms. The monoisotopic (exact) mass is 342 g/mol. The molecule has 21 heavy (non-hydrogen) atoms. The van der Waals surface area contributed by atoms with Crippen LogP contribution in [0.4, 0.5) is 4.39 Å². The third-order valence-corrected chi connectivity index (χ3v) is 3.88. The van der Waals surface area contributed by atoms with E-state index in [0.29, 0.717) is 27.1 Å². The van der Waals surface area contributed by atoms with Gasteiger partial charge in [-0.15, -0.1) is 11.6 Å². The third kappa shape index (κ3) is 2.61. The van der Waals surface area contributed by atoms with Crippen molar-refractivity contribution in [1.82, 2.24) is 9.55 Å². The topological polar surface area (TPSA) is 17.8 Å². The summed E-state index contributed by atoms with van der Waals surface area (Å²) in [4.78, 5) is 4.51. The van der Waals surface area contributed by atoms with E-state index in [1.165, 1.54) is 12.1 Å². The number of imidazole rings is 1. The van der Waals surface area contributed by atoms with Crippen LogP contribution < -0.4 is 0 Å². The van der Waals surface area contributed by atoms with Crippen molar-refractivity contribution in [2.24, 2.45) is 0 Å². The van der Waals surface area contributed by atoms with Crippen LogP contribution in [0.1, 0.15) is 18.1 Å². The number of hydrogen-bond acceptors (Lipinski definition) is 1. The van der Waals surface area contributed by atoms with E-state index in [0.717, 1.165) is 5.52 Å². The van der Waals surface area contributed by atoms with Crippen LogP contribution in [0.3, 0.4) is 0 Å². The molecule has 0 saturated carbocycles. The van der Waals surface area contributed by atoms with Gasteiger partial charge in [0.15, 0.2) is 0 Å². The Bertz CT molecular complexity index is 827. The number of halogens is 4. The Morgan fingerprint density at radius 3 is 2.57 bits per heavy atom. The zero-order valence-corrected chi connectivity index (χ0v) is 13.2. The molecule has 0 aliphatic heterocycles. The maximum Gasteiger partial charge on any atom is 0.132 e. The predicted molar refractivity (Wildman–Crippen MR) is 85.3 cm³/mol. The standard InChI is InChI=1S/C15H10Cl3FN2/c1-8(16)15-20-12-6-9(17)2-4-14(12)21(15)13-5-3-10(19)7-11(13)18/h2-8H,1H3. The number of alkyl halides is 1. The van der Waals surface area contributed by atoms with Crippen LogP contribution in [0.25, 0.3) is 16.7 Å². The van der Waals surface area contributed by atoms with Crippen LogP contribution in [-0.2, 0) is 0 Å². The molecule has 0 aliphatic carbocycles. The van der Waals surface area contributed by atoms with Gasteiger partial charge in [0.05, 0.1) is 27.1 Å². The van der Waals surface area contributed by atoms with Crippen molar-refractivity contribution < 1.29 is 4.39 Å². The summed E-state index contributed by atoms with van der Waals surface area (Å²) >= 11 is 18.4. The van der Waals surface area contributed by atoms with Gasteiger partial charge in [-0.1, -0.05) is 23.2 Å². The highest BCUT2D eigenvalue weighted by molar-refractivity contribution is 6.32. The van der Waals surface area contributed by atoms with Crippen LogP contribution in [0.5, 0.6) is 0 Å². The maximum absolute atomic E-state index is 13.3. The number of rotatable bonds is 2. The number of nitrogens with zero attached hydrogens (tertiary/aromatic N) is 2. The Labute approximate surface area is 136 Å². The van der Waals surface area contributed by atoms with Gasteiger partial charge in [-0.25, -0.2) is 9.37 Å². The van der Waals surface area contributed by atoms with E-state index in [4.69, 9.17) is 34.8 Å². The molecule has 1 atom stereocenters. The highest BCUT2D eigenvalue weighted by atomic mass is 35.5. The van der Waals surface area contributed by atoms with Gasteiger partial charge in [0.25, 0.3) is 0 Å². The van der Waals surface area contributed by atoms with Crippen molar-refractivity contribution >= 4 is 45.8 Å². The lowest BCUT2D eigenvalue weighted by Crippen LogP contribution is -2.02. The molecule has 0 N–H and O–H groups in total. The summed E-state index contributed by atoms with van der Waals surface area (Å²) in [6.07, 6.45) is 0. The summed E-state index contributed by atoms with van der Waals surface area (Å²) in [5, 5.41) is 0.547. The van der Waals surface area contributed by atoms with Crippen molar-refractivity contribution in [3.63, 3.8) is 0 Å². The molecule has 2 nitrogen and oxygen atoms in total. The molecule has 0 saturated heterocycles. The minimum absolute atomic E-state index is 0.294. The van der Waals surface area contributed by atoms with E-state index in [1.807, 2.05) is 17.6 Å². The lowest BCUT2D eigenvalue weighted by atomic mass is 10.2. The van der Waals surface area contributed by atoms with Gasteiger partial charge in [0.1, 0.15) is 11.6 Å². The summed E-state index contributed by atoms with van der Waals surface area (Å²) in [5.74, 6) is 0.235. The average molecular weight is 344 g/mol. The highest BCUT2D eigenvalue weighted by Crippen LogP contribution is 2.32. The van der Waals surface area contributed by atoms with Crippen molar-refractivity contribution in [2.45, 2.75) is 12.3 Å². The van der Waals surface area contributed by atoms with Crippen molar-refractivity contribution in [1.29, 1.82) is 0 Å². The molecule has 0 spiro atoms. The Balaban J connectivity index is 2.36. The molecule has 1 aromatic heterocycles. The summed E-state index contributed by atoms with van der Waals surface area (Å²) in [5.41, 5.74) is 2.16. The first-order chi connectivity index (χ1) is 9.97. The molecule has 0 fully saturated rings. The normalized spacial score (nSPS) is 12.8. The Hall–Kier alpha value is -1.29. The second kappa shape index (κ2) is 5.48. The minimum Gasteiger partial charge on any atom is -0.294 e. The molecule has 0 amide bonds. The van der Waals surface area contributed by atoms with E-state index in [1.54, 1.807) is 18.2 Å². The Morgan fingerprint density at radius 1 is 1.14 bits per heavy atom. The van der Waals surface area contributed by atoms with Crippen LogP contribution >= 0.6 is 34.8 Å². The summed E-state index contributed by atoms with van der Waals surface area (Å²) in [6.45, 7) is 1.82. The quantitative estimate of drug-likeness (QED) is 0.540. The zero-order chi connectivity index (χ0) is 15.1. The van der Waals surface area contributed by atoms with E-state index in [9.17, 15) is 4.39 Å². The largest absolute Gasteiger partial charge is 0.294 e. The van der Waals surface area contributed by atoms with Crippen LogP contribution in [0.2, 0.25) is 10.0 Å². The average Bonchev–Trinajstić information content (AvgIpc) is 2.77. The molecular formula is C15H10Cl3FN2. The van der Waals surface area contributed by atoms with E-state index < -0.39 is 5.82 Å². The summed E-state index contributed by atoms with van der Waals surface area (Å²) in [7, 11) is 0. The Morgan fingerprint density at radius 2 is 1.90 bits per heavy atom. The molecule has 3 aromatic rings. The second-order valence-corrected chi connectivity index (χ2v) is 6.15. The highest BCUT2D eigenvalue weighted by Gasteiger charge is 2.18. The van der Waals surface area contributed by atoms with Crippen LogP contribution in [-0.4, -0.2) is 9.55 Å². The van der Waals surface area contributed by atoms with Gasteiger partial charge in [-0.05, 0) is 43.3 Å². The smallest absolute Gasteiger partial charge is 0.132 e. The number of benzene rings is 2. The fraction of sp³-hybridized carbons (Fsp3) is 0.133. The van der Waals surface area contributed by atoms with E-state index in [2.05, 4.69) is 4.98 Å². The first-order valence-corrected chi connectivity index (χ1v) is 7.44. The molecule has 1 unspecified atom stereocenters. The van der Waals surface area contributed by atoms with Gasteiger partial charge in [-0.2, -0.15) is 0 Å². The van der Waals surface area contributed by atoms with Gasteiger partial charge in [-0.3, -0.25) is 4.57 Å². The van der Waals surface area contributed by atoms with Gasteiger partial charge in [0, 0.05) is 5.02 Å². The molecule has 0 radical (unpaired) electrons. The second-order valence-electron chi connectivity index (χ2n) is 4.65. The third-order valence-electron chi connectivity index (χ3n) is 3.15. The van der Waals surface area contributed by atoms with Gasteiger partial charge in [0.2, 0.25) is 0 Å². The Kier molecular flexibility index (Phi) is 3.82.